The van der Waals surface area contributed by atoms with E-state index in [9.17, 15) is 18.0 Å². The maximum Gasteiger partial charge on any atom is 0.276 e. The van der Waals surface area contributed by atoms with Crippen LogP contribution in [0.5, 0.6) is 0 Å². The molecule has 0 radical (unpaired) electrons. The number of fused-ring (bicyclic) bond motifs is 1. The minimum atomic E-state index is -3.36. The first-order valence-electron chi connectivity index (χ1n) is 11.3. The van der Waals surface area contributed by atoms with Crippen molar-refractivity contribution in [3.8, 4) is 11.4 Å². The third-order valence-corrected chi connectivity index (χ3v) is 7.58. The third-order valence-electron chi connectivity index (χ3n) is 5.31. The molecule has 2 amide bonds. The molecule has 1 atom stereocenters. The summed E-state index contributed by atoms with van der Waals surface area (Å²) in [6, 6.07) is 1.64. The van der Waals surface area contributed by atoms with Crippen LogP contribution < -0.4 is 15.4 Å². The lowest BCUT2D eigenvalue weighted by Crippen LogP contribution is -2.28. The summed E-state index contributed by atoms with van der Waals surface area (Å²) in [5.74, 6) is 0.377. The zero-order chi connectivity index (χ0) is 25.5. The number of carbonyl (C=O) groups is 2. The zero-order valence-electron chi connectivity index (χ0n) is 19.8. The number of allylic oxidation sites excluding steroid dienone is 3. The highest BCUT2D eigenvalue weighted by atomic mass is 35.5. The Morgan fingerprint density at radius 3 is 2.86 bits per heavy atom. The van der Waals surface area contributed by atoms with Gasteiger partial charge in [0.2, 0.25) is 27.6 Å². The van der Waals surface area contributed by atoms with Crippen LogP contribution in [0.4, 0.5) is 5.00 Å². The third kappa shape index (κ3) is 7.57. The van der Waals surface area contributed by atoms with Crippen molar-refractivity contribution in [3.05, 3.63) is 53.0 Å². The number of hydrogen-bond acceptors (Lipinski definition) is 10. The number of aryl methyl sites for hydroxylation is 1. The minimum absolute atomic E-state index is 0. The molecule has 3 heterocycles. The quantitative estimate of drug-likeness (QED) is 0.329. The molecule has 0 spiro atoms. The second kappa shape index (κ2) is 12.7. The SMILES string of the molecule is CCS(=O)(=O)Nc1cc(-c2noc(CCC(=O)NCCCNC3=C4C=CC=CC4C(=O)N=N3)n2)cs1.Cl. The van der Waals surface area contributed by atoms with Gasteiger partial charge in [0.05, 0.1) is 11.7 Å². The van der Waals surface area contributed by atoms with E-state index < -0.39 is 15.9 Å². The van der Waals surface area contributed by atoms with E-state index in [4.69, 9.17) is 4.52 Å². The van der Waals surface area contributed by atoms with Gasteiger partial charge in [0, 0.05) is 42.4 Å². The number of nitrogens with zero attached hydrogens (tertiary/aromatic N) is 4. The fraction of sp³-hybridized carbons (Fsp3) is 0.364. The predicted molar refractivity (Wildman–Crippen MR) is 141 cm³/mol. The average Bonchev–Trinajstić information content (AvgIpc) is 3.53. The number of aromatic nitrogens is 2. The van der Waals surface area contributed by atoms with Crippen molar-refractivity contribution < 1.29 is 22.5 Å². The standard InChI is InChI=1S/C22H25N7O5S2.ClH/c1-2-36(32,33)29-19-12-14(13-35-19)20-25-18(34-28-20)9-8-17(30)23-10-5-11-24-21-15-6-3-4-7-16(15)22(31)27-26-21;/h3-4,6-7,12-13,16,24,29H,2,5,8-11H2,1H3,(H,23,30);1H. The van der Waals surface area contributed by atoms with Gasteiger partial charge in [-0.15, -0.1) is 34.0 Å². The molecule has 2 aromatic rings. The van der Waals surface area contributed by atoms with Crippen LogP contribution in [0.15, 0.2) is 61.9 Å². The minimum Gasteiger partial charge on any atom is -0.368 e. The Morgan fingerprint density at radius 1 is 1.22 bits per heavy atom. The van der Waals surface area contributed by atoms with Crippen molar-refractivity contribution in [2.45, 2.75) is 26.2 Å². The number of carbonyl (C=O) groups excluding carboxylic acids is 2. The number of sulfonamides is 1. The number of amides is 2. The number of rotatable bonds is 12. The highest BCUT2D eigenvalue weighted by Gasteiger charge is 2.27. The summed E-state index contributed by atoms with van der Waals surface area (Å²) in [7, 11) is -3.36. The first-order chi connectivity index (χ1) is 17.3. The van der Waals surface area contributed by atoms with Crippen LogP contribution in [0.2, 0.25) is 0 Å². The van der Waals surface area contributed by atoms with Crippen LogP contribution >= 0.6 is 23.7 Å². The molecular formula is C22H26ClN7O5S2. The van der Waals surface area contributed by atoms with Crippen molar-refractivity contribution in [3.63, 3.8) is 0 Å². The molecule has 2 aromatic heterocycles. The van der Waals surface area contributed by atoms with Gasteiger partial charge in [0.1, 0.15) is 5.00 Å². The van der Waals surface area contributed by atoms with Gasteiger partial charge in [-0.2, -0.15) is 4.98 Å². The molecule has 198 valence electrons. The molecule has 0 aromatic carbocycles. The van der Waals surface area contributed by atoms with E-state index in [1.54, 1.807) is 24.4 Å². The molecule has 1 aliphatic heterocycles. The number of nitrogens with one attached hydrogen (secondary N) is 3. The highest BCUT2D eigenvalue weighted by molar-refractivity contribution is 7.92. The fourth-order valence-corrected chi connectivity index (χ4v) is 5.08. The Labute approximate surface area is 223 Å². The van der Waals surface area contributed by atoms with Crippen molar-refractivity contribution in [2.24, 2.45) is 16.1 Å². The Hall–Kier alpha value is -3.36. The van der Waals surface area contributed by atoms with Gasteiger partial charge < -0.3 is 15.2 Å². The number of azo groups is 1. The highest BCUT2D eigenvalue weighted by Crippen LogP contribution is 2.28. The largest absolute Gasteiger partial charge is 0.368 e. The Balaban J connectivity index is 0.00000380. The number of thiophene rings is 1. The lowest BCUT2D eigenvalue weighted by Gasteiger charge is -2.20. The molecule has 0 saturated heterocycles. The molecule has 1 aliphatic carbocycles. The molecule has 15 heteroatoms. The van der Waals surface area contributed by atoms with Gasteiger partial charge >= 0.3 is 0 Å². The summed E-state index contributed by atoms with van der Waals surface area (Å²) in [6.45, 7) is 2.58. The van der Waals surface area contributed by atoms with Crippen molar-refractivity contribution in [1.29, 1.82) is 0 Å². The summed E-state index contributed by atoms with van der Waals surface area (Å²) < 4.78 is 31.1. The van der Waals surface area contributed by atoms with Gasteiger partial charge in [0.25, 0.3) is 5.91 Å². The first kappa shape index (κ1) is 28.2. The molecule has 0 bridgehead atoms. The molecule has 12 nitrogen and oxygen atoms in total. The molecule has 4 rings (SSSR count). The van der Waals surface area contributed by atoms with Crippen molar-refractivity contribution in [2.75, 3.05) is 23.6 Å². The number of halogens is 1. The Bertz CT molecular complexity index is 1360. The van der Waals surface area contributed by atoms with Crippen LogP contribution in [0.3, 0.4) is 0 Å². The normalized spacial score (nSPS) is 16.4. The molecule has 37 heavy (non-hydrogen) atoms. The van der Waals surface area contributed by atoms with E-state index in [1.807, 2.05) is 18.2 Å². The maximum absolute atomic E-state index is 12.2. The number of hydrogen-bond donors (Lipinski definition) is 3. The van der Waals surface area contributed by atoms with Gasteiger partial charge in [-0.3, -0.25) is 14.3 Å². The van der Waals surface area contributed by atoms with Crippen LogP contribution in [0.1, 0.15) is 25.7 Å². The molecular weight excluding hydrogens is 542 g/mol. The van der Waals surface area contributed by atoms with E-state index in [0.717, 1.165) is 5.57 Å². The van der Waals surface area contributed by atoms with Crippen molar-refractivity contribution >= 4 is 50.6 Å². The number of anilines is 1. The van der Waals surface area contributed by atoms with Crippen LogP contribution in [0, 0.1) is 5.92 Å². The summed E-state index contributed by atoms with van der Waals surface area (Å²) >= 11 is 1.23. The molecule has 3 N–H and O–H groups in total. The Morgan fingerprint density at radius 2 is 2.05 bits per heavy atom. The summed E-state index contributed by atoms with van der Waals surface area (Å²) in [5, 5.41) is 19.8. The second-order valence-electron chi connectivity index (χ2n) is 7.91. The van der Waals surface area contributed by atoms with E-state index in [2.05, 4.69) is 35.7 Å². The molecule has 2 aliphatic rings. The van der Waals surface area contributed by atoms with Gasteiger partial charge in [-0.25, -0.2) is 8.42 Å². The monoisotopic (exact) mass is 567 g/mol. The maximum atomic E-state index is 12.2. The second-order valence-corrected chi connectivity index (χ2v) is 10.8. The van der Waals surface area contributed by atoms with E-state index in [-0.39, 0.29) is 42.8 Å². The summed E-state index contributed by atoms with van der Waals surface area (Å²) in [5.41, 5.74) is 1.42. The fourth-order valence-electron chi connectivity index (χ4n) is 3.38. The average molecular weight is 568 g/mol. The van der Waals surface area contributed by atoms with Crippen molar-refractivity contribution in [1.82, 2.24) is 20.8 Å². The molecule has 1 unspecified atom stereocenters. The smallest absolute Gasteiger partial charge is 0.276 e. The first-order valence-corrected chi connectivity index (χ1v) is 13.8. The molecule has 0 saturated carbocycles. The van der Waals surface area contributed by atoms with E-state index >= 15 is 0 Å². The topological polar surface area (TPSA) is 168 Å². The summed E-state index contributed by atoms with van der Waals surface area (Å²) in [6.07, 6.45) is 8.42. The van der Waals surface area contributed by atoms with Crippen LogP contribution in [-0.4, -0.2) is 49.2 Å². The van der Waals surface area contributed by atoms with Crippen LogP contribution in [0.25, 0.3) is 11.4 Å². The Kier molecular flexibility index (Phi) is 9.72. The zero-order valence-corrected chi connectivity index (χ0v) is 22.3. The lowest BCUT2D eigenvalue weighted by molar-refractivity contribution is -0.121. The summed E-state index contributed by atoms with van der Waals surface area (Å²) in [4.78, 5) is 28.3. The van der Waals surface area contributed by atoms with E-state index in [0.29, 0.717) is 47.6 Å². The van der Waals surface area contributed by atoms with Crippen LogP contribution in [-0.2, 0) is 26.0 Å². The predicted octanol–water partition coefficient (Wildman–Crippen LogP) is 2.96. The van der Waals surface area contributed by atoms with Gasteiger partial charge in [0.15, 0.2) is 5.82 Å². The van der Waals surface area contributed by atoms with Gasteiger partial charge in [-0.05, 0) is 19.4 Å². The van der Waals surface area contributed by atoms with Gasteiger partial charge in [-0.1, -0.05) is 29.5 Å². The molecule has 0 fully saturated rings. The lowest BCUT2D eigenvalue weighted by atomic mass is 9.93. The van der Waals surface area contributed by atoms with E-state index in [1.165, 1.54) is 11.3 Å².